The van der Waals surface area contributed by atoms with Crippen molar-refractivity contribution in [2.24, 2.45) is 5.14 Å². The Morgan fingerprint density at radius 2 is 1.57 bits per heavy atom. The standard InChI is InChI=1S/C19H18F3N5O2S/c20-19(21,22)14-11-13(30(23,28)29)5-6-17(14)26-7-9-27(10-8-26)18-12-24-15-3-1-2-4-16(15)25-18/h1-6,11-12H,7-10H2,(H2,23,28,29). The molecule has 4 rings (SSSR count). The smallest absolute Gasteiger partial charge is 0.367 e. The average Bonchev–Trinajstić information content (AvgIpc) is 2.72. The molecule has 0 atom stereocenters. The van der Waals surface area contributed by atoms with Crippen molar-refractivity contribution >= 4 is 32.6 Å². The average molecular weight is 437 g/mol. The Hall–Kier alpha value is -2.92. The second-order valence-corrected chi connectivity index (χ2v) is 8.47. The highest BCUT2D eigenvalue weighted by atomic mass is 32.2. The quantitative estimate of drug-likeness (QED) is 0.677. The Kier molecular flexibility index (Phi) is 5.02. The second kappa shape index (κ2) is 7.40. The van der Waals surface area contributed by atoms with Gasteiger partial charge in [-0.05, 0) is 30.3 Å². The van der Waals surface area contributed by atoms with Crippen LogP contribution in [0, 0.1) is 0 Å². The zero-order chi connectivity index (χ0) is 21.5. The van der Waals surface area contributed by atoms with Crippen molar-refractivity contribution in [1.29, 1.82) is 0 Å². The maximum Gasteiger partial charge on any atom is 0.418 e. The minimum absolute atomic E-state index is 0.0702. The first-order valence-electron chi connectivity index (χ1n) is 9.09. The van der Waals surface area contributed by atoms with Gasteiger partial charge in [0.2, 0.25) is 10.0 Å². The minimum atomic E-state index is -4.71. The lowest BCUT2D eigenvalue weighted by molar-refractivity contribution is -0.137. The van der Waals surface area contributed by atoms with Gasteiger partial charge in [-0.1, -0.05) is 12.1 Å². The van der Waals surface area contributed by atoms with Crippen LogP contribution < -0.4 is 14.9 Å². The van der Waals surface area contributed by atoms with Crippen LogP contribution in [-0.2, 0) is 16.2 Å². The number of hydrogen-bond acceptors (Lipinski definition) is 6. The van der Waals surface area contributed by atoms with Crippen molar-refractivity contribution in [2.45, 2.75) is 11.1 Å². The van der Waals surface area contributed by atoms with Crippen molar-refractivity contribution in [3.05, 3.63) is 54.2 Å². The van der Waals surface area contributed by atoms with E-state index in [0.717, 1.165) is 23.2 Å². The van der Waals surface area contributed by atoms with Gasteiger partial charge in [-0.2, -0.15) is 13.2 Å². The molecule has 1 aliphatic rings. The molecule has 11 heteroatoms. The monoisotopic (exact) mass is 437 g/mol. The Morgan fingerprint density at radius 1 is 0.933 bits per heavy atom. The van der Waals surface area contributed by atoms with Crippen molar-refractivity contribution in [3.63, 3.8) is 0 Å². The van der Waals surface area contributed by atoms with Crippen LogP contribution in [0.15, 0.2) is 53.6 Å². The van der Waals surface area contributed by atoms with Gasteiger partial charge in [0.05, 0.1) is 27.7 Å². The normalized spacial score (nSPS) is 15.6. The number of sulfonamides is 1. The summed E-state index contributed by atoms with van der Waals surface area (Å²) in [5.74, 6) is 0.661. The molecule has 1 saturated heterocycles. The summed E-state index contributed by atoms with van der Waals surface area (Å²) in [5.41, 5.74) is 0.423. The summed E-state index contributed by atoms with van der Waals surface area (Å²) in [4.78, 5) is 11.9. The Balaban J connectivity index is 1.57. The molecule has 7 nitrogen and oxygen atoms in total. The summed E-state index contributed by atoms with van der Waals surface area (Å²) in [7, 11) is -4.24. The van der Waals surface area contributed by atoms with Crippen LogP contribution in [0.3, 0.4) is 0 Å². The first kappa shape index (κ1) is 20.4. The number of fused-ring (bicyclic) bond motifs is 1. The number of nitrogens with two attached hydrogens (primary N) is 1. The number of halogens is 3. The summed E-state index contributed by atoms with van der Waals surface area (Å²) < 4.78 is 63.7. The van der Waals surface area contributed by atoms with Crippen molar-refractivity contribution < 1.29 is 21.6 Å². The van der Waals surface area contributed by atoms with Gasteiger partial charge in [0.25, 0.3) is 0 Å². The van der Waals surface area contributed by atoms with Gasteiger partial charge >= 0.3 is 6.18 Å². The fraction of sp³-hybridized carbons (Fsp3) is 0.263. The number of piperazine rings is 1. The van der Waals surface area contributed by atoms with Gasteiger partial charge in [-0.25, -0.2) is 18.5 Å². The van der Waals surface area contributed by atoms with Crippen LogP contribution in [0.2, 0.25) is 0 Å². The number of aromatic nitrogens is 2. The first-order chi connectivity index (χ1) is 14.1. The van der Waals surface area contributed by atoms with Gasteiger partial charge in [0.1, 0.15) is 5.82 Å². The fourth-order valence-electron chi connectivity index (χ4n) is 3.47. The summed E-state index contributed by atoms with van der Waals surface area (Å²) >= 11 is 0. The van der Waals surface area contributed by atoms with Gasteiger partial charge in [0.15, 0.2) is 0 Å². The molecule has 2 N–H and O–H groups in total. The van der Waals surface area contributed by atoms with E-state index in [1.165, 1.54) is 0 Å². The molecule has 0 amide bonds. The highest BCUT2D eigenvalue weighted by Gasteiger charge is 2.36. The molecule has 30 heavy (non-hydrogen) atoms. The zero-order valence-electron chi connectivity index (χ0n) is 15.7. The highest BCUT2D eigenvalue weighted by Crippen LogP contribution is 2.38. The molecule has 2 heterocycles. The molecule has 1 fully saturated rings. The molecular weight excluding hydrogens is 419 g/mol. The molecular formula is C19H18F3N5O2S. The molecule has 1 aliphatic heterocycles. The highest BCUT2D eigenvalue weighted by molar-refractivity contribution is 7.89. The van der Waals surface area contributed by atoms with E-state index in [1.807, 2.05) is 29.2 Å². The maximum atomic E-state index is 13.6. The van der Waals surface area contributed by atoms with Crippen LogP contribution in [-0.4, -0.2) is 44.6 Å². The van der Waals surface area contributed by atoms with Crippen LogP contribution in [0.4, 0.5) is 24.7 Å². The summed E-state index contributed by atoms with van der Waals surface area (Å²) in [6.07, 6.45) is -3.06. The van der Waals surface area contributed by atoms with Gasteiger partial charge in [-0.3, -0.25) is 4.98 Å². The number of anilines is 2. The third-order valence-corrected chi connectivity index (χ3v) is 5.89. The van der Waals surface area contributed by atoms with E-state index in [1.54, 1.807) is 11.1 Å². The van der Waals surface area contributed by atoms with E-state index in [-0.39, 0.29) is 5.69 Å². The molecule has 0 bridgehead atoms. The number of rotatable bonds is 3. The van der Waals surface area contributed by atoms with E-state index >= 15 is 0 Å². The lowest BCUT2D eigenvalue weighted by Crippen LogP contribution is -2.47. The first-order valence-corrected chi connectivity index (χ1v) is 10.6. The molecule has 3 aromatic rings. The Labute approximate surface area is 171 Å². The summed E-state index contributed by atoms with van der Waals surface area (Å²) in [6, 6.07) is 10.3. The van der Waals surface area contributed by atoms with E-state index in [0.29, 0.717) is 38.1 Å². The third-order valence-electron chi connectivity index (χ3n) is 4.98. The Bertz CT molecular complexity index is 1190. The number of alkyl halides is 3. The largest absolute Gasteiger partial charge is 0.418 e. The Morgan fingerprint density at radius 3 is 2.20 bits per heavy atom. The topological polar surface area (TPSA) is 92.4 Å². The van der Waals surface area contributed by atoms with E-state index in [2.05, 4.69) is 9.97 Å². The van der Waals surface area contributed by atoms with Crippen LogP contribution in [0.25, 0.3) is 11.0 Å². The number of nitrogens with zero attached hydrogens (tertiary/aromatic N) is 4. The van der Waals surface area contributed by atoms with Crippen LogP contribution in [0.5, 0.6) is 0 Å². The summed E-state index contributed by atoms with van der Waals surface area (Å²) in [6.45, 7) is 1.52. The molecule has 0 spiro atoms. The summed E-state index contributed by atoms with van der Waals surface area (Å²) in [5, 5.41) is 4.99. The third kappa shape index (κ3) is 4.03. The molecule has 0 aliphatic carbocycles. The van der Waals surface area contributed by atoms with E-state index in [9.17, 15) is 21.6 Å². The van der Waals surface area contributed by atoms with Gasteiger partial charge in [-0.15, -0.1) is 0 Å². The van der Waals surface area contributed by atoms with Crippen molar-refractivity contribution in [1.82, 2.24) is 9.97 Å². The van der Waals surface area contributed by atoms with Crippen LogP contribution in [0.1, 0.15) is 5.56 Å². The molecule has 0 radical (unpaired) electrons. The molecule has 1 aromatic heterocycles. The predicted molar refractivity (Wildman–Crippen MR) is 107 cm³/mol. The fourth-order valence-corrected chi connectivity index (χ4v) is 4.01. The molecule has 2 aromatic carbocycles. The maximum absolute atomic E-state index is 13.6. The van der Waals surface area contributed by atoms with E-state index in [4.69, 9.17) is 5.14 Å². The van der Waals surface area contributed by atoms with Gasteiger partial charge < -0.3 is 9.80 Å². The number of hydrogen-bond donors (Lipinski definition) is 1. The number of primary sulfonamides is 1. The molecule has 0 saturated carbocycles. The van der Waals surface area contributed by atoms with E-state index < -0.39 is 26.7 Å². The second-order valence-electron chi connectivity index (χ2n) is 6.91. The minimum Gasteiger partial charge on any atom is -0.367 e. The van der Waals surface area contributed by atoms with Crippen LogP contribution >= 0.6 is 0 Å². The van der Waals surface area contributed by atoms with Crippen molar-refractivity contribution in [3.8, 4) is 0 Å². The molecule has 0 unspecified atom stereocenters. The predicted octanol–water partition coefficient (Wildman–Crippen LogP) is 2.62. The SMILES string of the molecule is NS(=O)(=O)c1ccc(N2CCN(c3cnc4ccccc4n3)CC2)c(C(F)(F)F)c1. The zero-order valence-corrected chi connectivity index (χ0v) is 16.5. The van der Waals surface area contributed by atoms with Crippen molar-refractivity contribution in [2.75, 3.05) is 36.0 Å². The lowest BCUT2D eigenvalue weighted by Gasteiger charge is -2.37. The number of benzene rings is 2. The number of para-hydroxylation sites is 2. The van der Waals surface area contributed by atoms with Gasteiger partial charge in [0, 0.05) is 31.9 Å². The molecule has 158 valence electrons. The lowest BCUT2D eigenvalue weighted by atomic mass is 10.1.